The molecule has 0 aliphatic heterocycles. The first-order valence-corrected chi connectivity index (χ1v) is 6.40. The maximum absolute atomic E-state index is 5.52. The van der Waals surface area contributed by atoms with E-state index in [-0.39, 0.29) is 0 Å². The third-order valence-electron chi connectivity index (χ3n) is 3.14. The molecule has 3 rings (SSSR count). The van der Waals surface area contributed by atoms with E-state index in [4.69, 9.17) is 13.9 Å². The summed E-state index contributed by atoms with van der Waals surface area (Å²) in [5.41, 5.74) is 2.55. The van der Waals surface area contributed by atoms with E-state index < -0.39 is 0 Å². The number of benzene rings is 1. The van der Waals surface area contributed by atoms with Gasteiger partial charge in [-0.25, -0.2) is 9.97 Å². The van der Waals surface area contributed by atoms with Crippen LogP contribution in [0.25, 0.3) is 22.6 Å². The summed E-state index contributed by atoms with van der Waals surface area (Å²) in [7, 11) is 3.22. The van der Waals surface area contributed by atoms with Gasteiger partial charge in [0.2, 0.25) is 5.88 Å². The Morgan fingerprint density at radius 3 is 2.24 bits per heavy atom. The number of ether oxygens (including phenoxy) is 2. The molecule has 0 saturated heterocycles. The van der Waals surface area contributed by atoms with Crippen molar-refractivity contribution >= 4 is 0 Å². The van der Waals surface area contributed by atoms with E-state index in [1.54, 1.807) is 26.5 Å². The van der Waals surface area contributed by atoms with Gasteiger partial charge in [0.05, 0.1) is 14.2 Å². The van der Waals surface area contributed by atoms with Gasteiger partial charge in [-0.1, -0.05) is 0 Å². The minimum absolute atomic E-state index is 0.563. The molecule has 0 aliphatic carbocycles. The van der Waals surface area contributed by atoms with Crippen molar-refractivity contribution in [3.63, 3.8) is 0 Å². The predicted molar refractivity (Wildman–Crippen MR) is 78.3 cm³/mol. The van der Waals surface area contributed by atoms with Crippen LogP contribution in [0.3, 0.4) is 0 Å². The van der Waals surface area contributed by atoms with Gasteiger partial charge in [-0.3, -0.25) is 0 Å². The van der Waals surface area contributed by atoms with Gasteiger partial charge in [0.25, 0.3) is 0 Å². The SMILES string of the molecule is COc1ccc(-c2ocnc2-c2ccc(OC)nc2)cc1. The summed E-state index contributed by atoms with van der Waals surface area (Å²) in [6, 6.07) is 11.3. The van der Waals surface area contributed by atoms with Crippen LogP contribution in [-0.2, 0) is 0 Å². The van der Waals surface area contributed by atoms with Gasteiger partial charge in [0, 0.05) is 23.4 Å². The molecular formula is C16H14N2O3. The minimum Gasteiger partial charge on any atom is -0.497 e. The van der Waals surface area contributed by atoms with E-state index >= 15 is 0 Å². The molecule has 0 aliphatic rings. The topological polar surface area (TPSA) is 57.4 Å². The molecule has 0 N–H and O–H groups in total. The summed E-state index contributed by atoms with van der Waals surface area (Å²) >= 11 is 0. The first-order valence-electron chi connectivity index (χ1n) is 6.40. The Hall–Kier alpha value is -2.82. The van der Waals surface area contributed by atoms with Crippen LogP contribution in [0.15, 0.2) is 53.4 Å². The second kappa shape index (κ2) is 5.66. The van der Waals surface area contributed by atoms with E-state index in [1.165, 1.54) is 6.39 Å². The number of nitrogens with zero attached hydrogens (tertiary/aromatic N) is 2. The van der Waals surface area contributed by atoms with Gasteiger partial charge in [-0.15, -0.1) is 0 Å². The number of rotatable bonds is 4. The van der Waals surface area contributed by atoms with Gasteiger partial charge < -0.3 is 13.9 Å². The van der Waals surface area contributed by atoms with Crippen molar-refractivity contribution in [2.75, 3.05) is 14.2 Å². The van der Waals surface area contributed by atoms with E-state index in [9.17, 15) is 0 Å². The Morgan fingerprint density at radius 1 is 0.857 bits per heavy atom. The van der Waals surface area contributed by atoms with Crippen LogP contribution in [0.4, 0.5) is 0 Å². The zero-order chi connectivity index (χ0) is 14.7. The second-order valence-corrected chi connectivity index (χ2v) is 4.35. The molecule has 3 aromatic rings. The molecule has 0 saturated carbocycles. The maximum Gasteiger partial charge on any atom is 0.212 e. The molecule has 0 radical (unpaired) electrons. The number of hydrogen-bond donors (Lipinski definition) is 0. The smallest absolute Gasteiger partial charge is 0.212 e. The monoisotopic (exact) mass is 282 g/mol. The fourth-order valence-electron chi connectivity index (χ4n) is 2.04. The van der Waals surface area contributed by atoms with Crippen LogP contribution in [0.2, 0.25) is 0 Å². The molecule has 0 fully saturated rings. The first-order chi connectivity index (χ1) is 10.3. The van der Waals surface area contributed by atoms with Crippen LogP contribution >= 0.6 is 0 Å². The molecule has 5 heteroatoms. The molecule has 0 unspecified atom stereocenters. The standard InChI is InChI=1S/C16H14N2O3/c1-19-13-6-3-11(4-7-13)16-15(18-10-21-16)12-5-8-14(20-2)17-9-12/h3-10H,1-2H3. The molecule has 1 aromatic carbocycles. The zero-order valence-corrected chi connectivity index (χ0v) is 11.7. The molecule has 2 aromatic heterocycles. The molecule has 0 bridgehead atoms. The van der Waals surface area contributed by atoms with Crippen molar-refractivity contribution in [2.24, 2.45) is 0 Å². The summed E-state index contributed by atoms with van der Waals surface area (Å²) in [5, 5.41) is 0. The Kier molecular flexibility index (Phi) is 3.55. The molecule has 0 spiro atoms. The van der Waals surface area contributed by atoms with Crippen LogP contribution in [0, 0.1) is 0 Å². The number of methoxy groups -OCH3 is 2. The number of aromatic nitrogens is 2. The summed E-state index contributed by atoms with van der Waals surface area (Å²) < 4.78 is 15.7. The average Bonchev–Trinajstić information content (AvgIpc) is 3.04. The molecule has 0 amide bonds. The summed E-state index contributed by atoms with van der Waals surface area (Å²) in [5.74, 6) is 2.06. The van der Waals surface area contributed by atoms with Gasteiger partial charge in [-0.2, -0.15) is 0 Å². The average molecular weight is 282 g/mol. The van der Waals surface area contributed by atoms with Gasteiger partial charge in [0.1, 0.15) is 11.4 Å². The minimum atomic E-state index is 0.563. The van der Waals surface area contributed by atoms with Crippen LogP contribution in [0.1, 0.15) is 0 Å². The van der Waals surface area contributed by atoms with Crippen molar-refractivity contribution in [2.45, 2.75) is 0 Å². The molecular weight excluding hydrogens is 268 g/mol. The Labute approximate surface area is 122 Å². The fourth-order valence-corrected chi connectivity index (χ4v) is 2.04. The maximum atomic E-state index is 5.52. The lowest BCUT2D eigenvalue weighted by Crippen LogP contribution is -1.88. The number of oxazole rings is 1. The molecule has 21 heavy (non-hydrogen) atoms. The summed E-state index contributed by atoms with van der Waals surface area (Å²) in [6.45, 7) is 0. The lowest BCUT2D eigenvalue weighted by atomic mass is 10.1. The Bertz CT molecular complexity index is 656. The van der Waals surface area contributed by atoms with Crippen LogP contribution in [-0.4, -0.2) is 24.2 Å². The third kappa shape index (κ3) is 2.58. The van der Waals surface area contributed by atoms with Crippen LogP contribution in [0.5, 0.6) is 11.6 Å². The van der Waals surface area contributed by atoms with E-state index in [0.29, 0.717) is 11.6 Å². The van der Waals surface area contributed by atoms with Crippen molar-refractivity contribution in [3.8, 4) is 34.2 Å². The fraction of sp³-hybridized carbons (Fsp3) is 0.125. The highest BCUT2D eigenvalue weighted by molar-refractivity contribution is 5.76. The van der Waals surface area contributed by atoms with Crippen molar-refractivity contribution < 1.29 is 13.9 Å². The van der Waals surface area contributed by atoms with Crippen molar-refractivity contribution in [1.82, 2.24) is 9.97 Å². The van der Waals surface area contributed by atoms with Gasteiger partial charge in [0.15, 0.2) is 12.2 Å². The molecule has 5 nitrogen and oxygen atoms in total. The number of pyridine rings is 1. The largest absolute Gasteiger partial charge is 0.497 e. The van der Waals surface area contributed by atoms with Gasteiger partial charge >= 0.3 is 0 Å². The quantitative estimate of drug-likeness (QED) is 0.733. The Balaban J connectivity index is 1.99. The highest BCUT2D eigenvalue weighted by Crippen LogP contribution is 2.32. The summed E-state index contributed by atoms with van der Waals surface area (Å²) in [6.07, 6.45) is 3.14. The van der Waals surface area contributed by atoms with E-state index in [1.807, 2.05) is 30.3 Å². The second-order valence-electron chi connectivity index (χ2n) is 4.35. The van der Waals surface area contributed by atoms with Crippen molar-refractivity contribution in [3.05, 3.63) is 49.0 Å². The lowest BCUT2D eigenvalue weighted by Gasteiger charge is -2.04. The molecule has 106 valence electrons. The lowest BCUT2D eigenvalue weighted by molar-refractivity contribution is 0.398. The molecule has 2 heterocycles. The predicted octanol–water partition coefficient (Wildman–Crippen LogP) is 3.42. The normalized spacial score (nSPS) is 10.4. The van der Waals surface area contributed by atoms with E-state index in [2.05, 4.69) is 9.97 Å². The van der Waals surface area contributed by atoms with Gasteiger partial charge in [-0.05, 0) is 30.3 Å². The first kappa shape index (κ1) is 13.2. The Morgan fingerprint density at radius 2 is 1.62 bits per heavy atom. The van der Waals surface area contributed by atoms with E-state index in [0.717, 1.165) is 22.6 Å². The molecule has 0 atom stereocenters. The van der Waals surface area contributed by atoms with Crippen LogP contribution < -0.4 is 9.47 Å². The zero-order valence-electron chi connectivity index (χ0n) is 11.7. The van der Waals surface area contributed by atoms with Crippen molar-refractivity contribution in [1.29, 1.82) is 0 Å². The number of hydrogen-bond acceptors (Lipinski definition) is 5. The highest BCUT2D eigenvalue weighted by atomic mass is 16.5. The highest BCUT2D eigenvalue weighted by Gasteiger charge is 2.13. The summed E-state index contributed by atoms with van der Waals surface area (Å²) in [4.78, 5) is 8.47. The third-order valence-corrected chi connectivity index (χ3v) is 3.14.